The Hall–Kier alpha value is -3.95. The fraction of sp³-hybridized carbons (Fsp3) is 0.143. The highest BCUT2D eigenvalue weighted by atomic mass is 19.4. The van der Waals surface area contributed by atoms with Crippen molar-refractivity contribution in [2.24, 2.45) is 0 Å². The Morgan fingerprint density at radius 1 is 1.10 bits per heavy atom. The van der Waals surface area contributed by atoms with Crippen LogP contribution >= 0.6 is 0 Å². The van der Waals surface area contributed by atoms with E-state index in [-0.39, 0.29) is 11.7 Å². The number of amides is 1. The van der Waals surface area contributed by atoms with Gasteiger partial charge < -0.3 is 10.1 Å². The summed E-state index contributed by atoms with van der Waals surface area (Å²) in [7, 11) is 0. The van der Waals surface area contributed by atoms with Crippen molar-refractivity contribution in [2.45, 2.75) is 19.1 Å². The van der Waals surface area contributed by atoms with Gasteiger partial charge in [0, 0.05) is 10.9 Å². The normalized spacial score (nSPS) is 12.5. The van der Waals surface area contributed by atoms with Crippen molar-refractivity contribution in [3.8, 4) is 11.5 Å². The zero-order valence-corrected chi connectivity index (χ0v) is 16.1. The summed E-state index contributed by atoms with van der Waals surface area (Å²) in [4.78, 5) is 12.6. The van der Waals surface area contributed by atoms with E-state index in [2.05, 4.69) is 25.9 Å². The highest BCUT2D eigenvalue weighted by molar-refractivity contribution is 6.00. The summed E-state index contributed by atoms with van der Waals surface area (Å²) in [6.45, 7) is 1.74. The van der Waals surface area contributed by atoms with Gasteiger partial charge in [-0.05, 0) is 60.8 Å². The Morgan fingerprint density at radius 3 is 2.55 bits per heavy atom. The molecule has 3 aromatic carbocycles. The number of nitrogens with zero attached hydrogens (tertiary/aromatic N) is 3. The Balaban J connectivity index is 1.55. The molecule has 4 rings (SSSR count). The fourth-order valence-electron chi connectivity index (χ4n) is 3.02. The number of ether oxygens (including phenoxy) is 1. The van der Waals surface area contributed by atoms with Gasteiger partial charge in [-0.1, -0.05) is 17.3 Å². The smallest absolute Gasteiger partial charge is 0.416 e. The van der Waals surface area contributed by atoms with Crippen LogP contribution in [0.2, 0.25) is 0 Å². The van der Waals surface area contributed by atoms with Gasteiger partial charge in [0.05, 0.1) is 11.6 Å². The lowest BCUT2D eigenvalue weighted by molar-refractivity contribution is -0.137. The van der Waals surface area contributed by atoms with Crippen LogP contribution in [0.1, 0.15) is 34.7 Å². The average Bonchev–Trinajstić information content (AvgIpc) is 3.28. The topological polar surface area (TPSA) is 92.8 Å². The van der Waals surface area contributed by atoms with Gasteiger partial charge in [-0.3, -0.25) is 4.79 Å². The lowest BCUT2D eigenvalue weighted by Crippen LogP contribution is -2.27. The van der Waals surface area contributed by atoms with E-state index in [1.807, 2.05) is 6.07 Å². The van der Waals surface area contributed by atoms with Crippen LogP contribution in [0.4, 0.5) is 13.2 Å². The zero-order chi connectivity index (χ0) is 22.0. The van der Waals surface area contributed by atoms with Crippen LogP contribution in [0.25, 0.3) is 10.8 Å². The molecule has 0 aliphatic heterocycles. The second kappa shape index (κ2) is 8.05. The highest BCUT2D eigenvalue weighted by Gasteiger charge is 2.30. The van der Waals surface area contributed by atoms with Gasteiger partial charge in [0.25, 0.3) is 5.91 Å². The second-order valence-electron chi connectivity index (χ2n) is 6.78. The van der Waals surface area contributed by atoms with E-state index in [0.29, 0.717) is 22.5 Å². The SMILES string of the molecule is C[C@@H](NC(=O)c1ccc2c(Oc3ccc(C(F)(F)F)cc3)cccc2c1)c1nn[nH]n1. The second-order valence-corrected chi connectivity index (χ2v) is 6.78. The van der Waals surface area contributed by atoms with Crippen LogP contribution in [0.5, 0.6) is 11.5 Å². The molecule has 4 aromatic rings. The first-order valence-electron chi connectivity index (χ1n) is 9.23. The Kier molecular flexibility index (Phi) is 5.28. The van der Waals surface area contributed by atoms with Crippen molar-refractivity contribution in [2.75, 3.05) is 0 Å². The van der Waals surface area contributed by atoms with Gasteiger partial charge in [-0.2, -0.15) is 18.4 Å². The summed E-state index contributed by atoms with van der Waals surface area (Å²) < 4.78 is 44.0. The van der Waals surface area contributed by atoms with Crippen molar-refractivity contribution >= 4 is 16.7 Å². The number of halogens is 3. The zero-order valence-electron chi connectivity index (χ0n) is 16.1. The van der Waals surface area contributed by atoms with E-state index in [1.54, 1.807) is 37.3 Å². The number of aromatic amines is 1. The number of fused-ring (bicyclic) bond motifs is 1. The summed E-state index contributed by atoms with van der Waals surface area (Å²) in [5.41, 5.74) is -0.321. The van der Waals surface area contributed by atoms with Crippen molar-refractivity contribution in [1.82, 2.24) is 25.9 Å². The van der Waals surface area contributed by atoms with Gasteiger partial charge in [0.1, 0.15) is 11.5 Å². The quantitative estimate of drug-likeness (QED) is 0.484. The number of rotatable bonds is 5. The number of hydrogen-bond donors (Lipinski definition) is 2. The molecule has 10 heteroatoms. The molecule has 0 aliphatic carbocycles. The number of carbonyl (C=O) groups excluding carboxylic acids is 1. The third-order valence-corrected chi connectivity index (χ3v) is 4.61. The molecule has 31 heavy (non-hydrogen) atoms. The Morgan fingerprint density at radius 2 is 1.87 bits per heavy atom. The third kappa shape index (κ3) is 4.47. The summed E-state index contributed by atoms with van der Waals surface area (Å²) in [5, 5.41) is 17.7. The van der Waals surface area contributed by atoms with Crippen molar-refractivity contribution in [3.05, 3.63) is 77.6 Å². The highest BCUT2D eigenvalue weighted by Crippen LogP contribution is 2.33. The lowest BCUT2D eigenvalue weighted by atomic mass is 10.1. The maximum absolute atomic E-state index is 12.7. The Bertz CT molecular complexity index is 1210. The van der Waals surface area contributed by atoms with Gasteiger partial charge in [0.15, 0.2) is 5.82 Å². The third-order valence-electron chi connectivity index (χ3n) is 4.61. The summed E-state index contributed by atoms with van der Waals surface area (Å²) in [5.74, 6) is 0.787. The molecule has 0 aliphatic rings. The molecule has 2 N–H and O–H groups in total. The number of tetrazole rings is 1. The summed E-state index contributed by atoms with van der Waals surface area (Å²) >= 11 is 0. The van der Waals surface area contributed by atoms with Crippen molar-refractivity contribution in [3.63, 3.8) is 0 Å². The lowest BCUT2D eigenvalue weighted by Gasteiger charge is -2.13. The first-order chi connectivity index (χ1) is 14.8. The molecule has 0 saturated carbocycles. The van der Waals surface area contributed by atoms with Crippen LogP contribution in [-0.2, 0) is 6.18 Å². The predicted molar refractivity (Wildman–Crippen MR) is 106 cm³/mol. The number of nitrogens with one attached hydrogen (secondary N) is 2. The number of benzene rings is 3. The van der Waals surface area contributed by atoms with Gasteiger partial charge >= 0.3 is 6.18 Å². The minimum atomic E-state index is -4.41. The molecule has 0 fully saturated rings. The summed E-state index contributed by atoms with van der Waals surface area (Å²) in [6, 6.07) is 14.4. The fourth-order valence-corrected chi connectivity index (χ4v) is 3.02. The van der Waals surface area contributed by atoms with E-state index >= 15 is 0 Å². The Labute approximate surface area is 174 Å². The van der Waals surface area contributed by atoms with Gasteiger partial charge in [-0.25, -0.2) is 0 Å². The van der Waals surface area contributed by atoms with E-state index in [9.17, 15) is 18.0 Å². The first-order valence-corrected chi connectivity index (χ1v) is 9.23. The molecule has 1 atom stereocenters. The molecular weight excluding hydrogens is 411 g/mol. The minimum Gasteiger partial charge on any atom is -0.457 e. The monoisotopic (exact) mass is 427 g/mol. The number of hydrogen-bond acceptors (Lipinski definition) is 5. The molecule has 1 amide bonds. The molecule has 1 aromatic heterocycles. The largest absolute Gasteiger partial charge is 0.457 e. The van der Waals surface area contributed by atoms with Crippen LogP contribution < -0.4 is 10.1 Å². The molecule has 0 spiro atoms. The number of alkyl halides is 3. The predicted octanol–water partition coefficient (Wildman–Crippen LogP) is 4.66. The molecule has 0 unspecified atom stereocenters. The van der Waals surface area contributed by atoms with E-state index < -0.39 is 17.8 Å². The van der Waals surface area contributed by atoms with Crippen LogP contribution in [0.3, 0.4) is 0 Å². The molecule has 158 valence electrons. The van der Waals surface area contributed by atoms with Crippen molar-refractivity contribution in [1.29, 1.82) is 0 Å². The standard InChI is InChI=1S/C21H16F3N5O2/c1-12(19-26-28-29-27-19)25-20(30)14-5-10-17-13(11-14)3-2-4-18(17)31-16-8-6-15(7-9-16)21(22,23)24/h2-12H,1H3,(H,25,30)(H,26,27,28,29)/t12-/m1/s1. The van der Waals surface area contributed by atoms with E-state index in [0.717, 1.165) is 17.5 Å². The first kappa shape index (κ1) is 20.3. The molecule has 1 heterocycles. The van der Waals surface area contributed by atoms with Crippen LogP contribution in [0, 0.1) is 0 Å². The maximum atomic E-state index is 12.7. The summed E-state index contributed by atoms with van der Waals surface area (Å²) in [6.07, 6.45) is -4.41. The molecule has 0 radical (unpaired) electrons. The minimum absolute atomic E-state index is 0.274. The number of aromatic nitrogens is 4. The molecule has 0 saturated heterocycles. The van der Waals surface area contributed by atoms with Gasteiger partial charge in [0.2, 0.25) is 0 Å². The number of carbonyl (C=O) groups is 1. The van der Waals surface area contributed by atoms with E-state index in [1.165, 1.54) is 12.1 Å². The van der Waals surface area contributed by atoms with Crippen molar-refractivity contribution < 1.29 is 22.7 Å². The van der Waals surface area contributed by atoms with Gasteiger partial charge in [-0.15, -0.1) is 10.2 Å². The maximum Gasteiger partial charge on any atom is 0.416 e. The average molecular weight is 427 g/mol. The number of H-pyrrole nitrogens is 1. The molecular formula is C21H16F3N5O2. The van der Waals surface area contributed by atoms with Crippen LogP contribution in [0.15, 0.2) is 60.7 Å². The molecule has 7 nitrogen and oxygen atoms in total. The van der Waals surface area contributed by atoms with E-state index in [4.69, 9.17) is 4.74 Å². The molecule has 0 bridgehead atoms. The van der Waals surface area contributed by atoms with Crippen LogP contribution in [-0.4, -0.2) is 26.5 Å².